The van der Waals surface area contributed by atoms with Gasteiger partial charge in [-0.15, -0.1) is 0 Å². The molecule has 4 heterocycles. The summed E-state index contributed by atoms with van der Waals surface area (Å²) in [7, 11) is 1.91. The topological polar surface area (TPSA) is 126 Å². The number of imide groups is 1. The largest absolute Gasteiger partial charge is 0.394 e. The van der Waals surface area contributed by atoms with E-state index in [4.69, 9.17) is 4.74 Å². The molecule has 4 N–H and O–H groups in total. The van der Waals surface area contributed by atoms with Gasteiger partial charge in [0.25, 0.3) is 11.8 Å². The fourth-order valence-electron chi connectivity index (χ4n) is 5.99. The van der Waals surface area contributed by atoms with Gasteiger partial charge in [0.1, 0.15) is 12.3 Å². The van der Waals surface area contributed by atoms with Crippen LogP contribution in [0.15, 0.2) is 60.9 Å². The van der Waals surface area contributed by atoms with Gasteiger partial charge in [-0.05, 0) is 31.4 Å². The lowest BCUT2D eigenvalue weighted by Crippen LogP contribution is -2.24. The van der Waals surface area contributed by atoms with Gasteiger partial charge in [0.15, 0.2) is 0 Å². The zero-order valence-corrected chi connectivity index (χ0v) is 21.6. The van der Waals surface area contributed by atoms with E-state index in [0.717, 1.165) is 21.8 Å². The van der Waals surface area contributed by atoms with Gasteiger partial charge in [-0.1, -0.05) is 36.4 Å². The van der Waals surface area contributed by atoms with Gasteiger partial charge in [-0.2, -0.15) is 0 Å². The van der Waals surface area contributed by atoms with Crippen molar-refractivity contribution in [3.63, 3.8) is 0 Å². The van der Waals surface area contributed by atoms with Crippen molar-refractivity contribution in [2.75, 3.05) is 6.61 Å². The molecular formula is C30H31N3O6. The summed E-state index contributed by atoms with van der Waals surface area (Å²) in [6.45, 7) is -0.217. The molecule has 2 amide bonds. The fourth-order valence-corrected chi connectivity index (χ4v) is 5.99. The number of ether oxygens (including phenoxy) is 1. The smallest absolute Gasteiger partial charge is 0.259 e. The first-order chi connectivity index (χ1) is 18.9. The summed E-state index contributed by atoms with van der Waals surface area (Å²) in [6.07, 6.45) is 3.54. The third-order valence-corrected chi connectivity index (χ3v) is 7.90. The van der Waals surface area contributed by atoms with Gasteiger partial charge in [-0.3, -0.25) is 14.9 Å². The molecule has 202 valence electrons. The molecule has 9 nitrogen and oxygen atoms in total. The Morgan fingerprint density at radius 2 is 1.59 bits per heavy atom. The number of nitrogens with zero attached hydrogens (tertiary/aromatic N) is 2. The molecule has 1 saturated heterocycles. The minimum absolute atomic E-state index is 0.164. The van der Waals surface area contributed by atoms with Crippen molar-refractivity contribution < 1.29 is 29.6 Å². The molecule has 0 bridgehead atoms. The summed E-state index contributed by atoms with van der Waals surface area (Å²) in [6, 6.07) is 15.3. The van der Waals surface area contributed by atoms with Crippen LogP contribution in [0.25, 0.3) is 33.0 Å². The van der Waals surface area contributed by atoms with Crippen LogP contribution in [0, 0.1) is 0 Å². The van der Waals surface area contributed by atoms with E-state index in [1.807, 2.05) is 66.3 Å². The number of carbonyl (C=O) groups excluding carboxylic acids is 2. The van der Waals surface area contributed by atoms with Crippen LogP contribution in [0.2, 0.25) is 0 Å². The normalized spacial score (nSPS) is 22.4. The van der Waals surface area contributed by atoms with E-state index >= 15 is 0 Å². The van der Waals surface area contributed by atoms with E-state index in [-0.39, 0.29) is 12.7 Å². The number of fused-ring (bicyclic) bond motifs is 2. The fraction of sp³-hybridized carbons (Fsp3) is 0.333. The van der Waals surface area contributed by atoms with Crippen LogP contribution in [0.1, 0.15) is 43.0 Å². The summed E-state index contributed by atoms with van der Waals surface area (Å²) < 4.78 is 9.37. The van der Waals surface area contributed by atoms with Gasteiger partial charge in [0.05, 0.1) is 35.5 Å². The van der Waals surface area contributed by atoms with Gasteiger partial charge in [-0.25, -0.2) is 0 Å². The third-order valence-electron chi connectivity index (χ3n) is 7.90. The van der Waals surface area contributed by atoms with Gasteiger partial charge >= 0.3 is 0 Å². The van der Waals surface area contributed by atoms with Crippen LogP contribution in [0.5, 0.6) is 0 Å². The number of aliphatic hydroxyl groups is 3. The maximum Gasteiger partial charge on any atom is 0.259 e. The zero-order chi connectivity index (χ0) is 27.3. The molecule has 2 aromatic carbocycles. The Bertz CT molecular complexity index is 1620. The Morgan fingerprint density at radius 1 is 0.974 bits per heavy atom. The molecule has 0 saturated carbocycles. The molecule has 1 unspecified atom stereocenters. The Balaban J connectivity index is 1.36. The number of amides is 2. The van der Waals surface area contributed by atoms with Crippen molar-refractivity contribution in [1.82, 2.24) is 14.5 Å². The predicted octanol–water partition coefficient (Wildman–Crippen LogP) is 2.87. The van der Waals surface area contributed by atoms with E-state index in [1.54, 1.807) is 10.8 Å². The number of aromatic nitrogens is 2. The van der Waals surface area contributed by atoms with Crippen molar-refractivity contribution in [2.24, 2.45) is 7.05 Å². The molecule has 1 fully saturated rings. The highest BCUT2D eigenvalue weighted by Gasteiger charge is 2.36. The van der Waals surface area contributed by atoms with Crippen molar-refractivity contribution in [2.45, 2.75) is 50.2 Å². The van der Waals surface area contributed by atoms with Gasteiger partial charge in [0, 0.05) is 53.3 Å². The number of nitrogens with one attached hydrogen (secondary N) is 1. The molecule has 39 heavy (non-hydrogen) atoms. The number of para-hydroxylation sites is 2. The lowest BCUT2D eigenvalue weighted by molar-refractivity contribution is -0.122. The first kappa shape index (κ1) is 25.5. The van der Waals surface area contributed by atoms with Crippen LogP contribution in [0.3, 0.4) is 0 Å². The molecule has 4 aromatic rings. The second-order valence-electron chi connectivity index (χ2n) is 10.4. The van der Waals surface area contributed by atoms with Crippen LogP contribution >= 0.6 is 0 Å². The summed E-state index contributed by atoms with van der Waals surface area (Å²) in [5.74, 6) is -0.903. The average Bonchev–Trinajstić information content (AvgIpc) is 3.66. The summed E-state index contributed by atoms with van der Waals surface area (Å²) in [4.78, 5) is 26.3. The second-order valence-corrected chi connectivity index (χ2v) is 10.4. The predicted molar refractivity (Wildman–Crippen MR) is 146 cm³/mol. The number of benzene rings is 2. The molecule has 2 aromatic heterocycles. The lowest BCUT2D eigenvalue weighted by Gasteiger charge is -2.16. The van der Waals surface area contributed by atoms with Crippen LogP contribution < -0.4 is 5.32 Å². The van der Waals surface area contributed by atoms with E-state index in [1.165, 1.54) is 0 Å². The van der Waals surface area contributed by atoms with E-state index < -0.39 is 30.3 Å². The number of hydrogen-bond donors (Lipinski definition) is 4. The first-order valence-electron chi connectivity index (χ1n) is 13.2. The SMILES string of the molecule is Cn1cc(C2=C(c3cn(C(O)CCC[C@H]4C[C@H](O)[C@@H](CO)O4)c4ccccc34)C(=O)NC2=O)c2ccccc21. The molecular weight excluding hydrogens is 498 g/mol. The molecule has 2 aliphatic heterocycles. The van der Waals surface area contributed by atoms with Gasteiger partial charge < -0.3 is 29.2 Å². The number of hydrogen-bond acceptors (Lipinski definition) is 6. The zero-order valence-electron chi connectivity index (χ0n) is 21.6. The molecule has 2 aliphatic rings. The van der Waals surface area contributed by atoms with Crippen LogP contribution in [-0.2, 0) is 21.4 Å². The third kappa shape index (κ3) is 4.37. The van der Waals surface area contributed by atoms with Gasteiger partial charge in [0.2, 0.25) is 0 Å². The molecule has 9 heteroatoms. The Hall–Kier alpha value is -3.76. The first-order valence-corrected chi connectivity index (χ1v) is 13.2. The second kappa shape index (κ2) is 10.1. The van der Waals surface area contributed by atoms with Crippen molar-refractivity contribution in [3.8, 4) is 0 Å². The maximum absolute atomic E-state index is 13.2. The summed E-state index contributed by atoms with van der Waals surface area (Å²) in [5, 5.41) is 34.6. The Kier molecular flexibility index (Phi) is 6.60. The minimum Gasteiger partial charge on any atom is -0.394 e. The summed E-state index contributed by atoms with van der Waals surface area (Å²) in [5.41, 5.74) is 3.59. The average molecular weight is 530 g/mol. The van der Waals surface area contributed by atoms with Crippen LogP contribution in [-0.4, -0.2) is 61.2 Å². The highest BCUT2D eigenvalue weighted by molar-refractivity contribution is 6.50. The molecule has 0 aliphatic carbocycles. The van der Waals surface area contributed by atoms with Crippen molar-refractivity contribution >= 4 is 44.8 Å². The molecule has 0 radical (unpaired) electrons. The quantitative estimate of drug-likeness (QED) is 0.260. The van der Waals surface area contributed by atoms with Crippen molar-refractivity contribution in [3.05, 3.63) is 72.1 Å². The maximum atomic E-state index is 13.2. The molecule has 0 spiro atoms. The van der Waals surface area contributed by atoms with Crippen molar-refractivity contribution in [1.29, 1.82) is 0 Å². The number of aryl methyl sites for hydroxylation is 1. The standard InChI is InChI=1S/C30H31N3O6/c1-32-14-20(18-8-2-4-10-22(18)32)27-28(30(38)31-29(27)37)21-15-33(23-11-5-3-9-19(21)23)26(36)12-6-7-17-13-24(35)25(16-34)39-17/h2-5,8-11,14-15,17,24-26,34-36H,6-7,12-13,16H2,1H3,(H,31,37,38)/t17-,24-,25+,26?/m0/s1. The van der Waals surface area contributed by atoms with E-state index in [9.17, 15) is 24.9 Å². The highest BCUT2D eigenvalue weighted by Crippen LogP contribution is 2.39. The molecule has 4 atom stereocenters. The summed E-state index contributed by atoms with van der Waals surface area (Å²) >= 11 is 0. The Labute approximate surface area is 224 Å². The number of aliphatic hydroxyl groups excluding tert-OH is 3. The highest BCUT2D eigenvalue weighted by atomic mass is 16.5. The Morgan fingerprint density at radius 3 is 2.26 bits per heavy atom. The number of carbonyl (C=O) groups is 2. The van der Waals surface area contributed by atoms with E-state index in [0.29, 0.717) is 48.0 Å². The minimum atomic E-state index is -0.870. The van der Waals surface area contributed by atoms with E-state index in [2.05, 4.69) is 5.32 Å². The molecule has 6 rings (SSSR count). The monoisotopic (exact) mass is 529 g/mol. The number of rotatable bonds is 8. The lowest BCUT2D eigenvalue weighted by atomic mass is 9.95. The van der Waals surface area contributed by atoms with Crippen LogP contribution in [0.4, 0.5) is 0 Å².